The molecule has 1 N–H and O–H groups in total. The number of methoxy groups -OCH3 is 4. The van der Waals surface area contributed by atoms with Gasteiger partial charge in [0.1, 0.15) is 5.75 Å². The number of carbonyl (C=O) groups excluding carboxylic acids is 1. The van der Waals surface area contributed by atoms with Crippen LogP contribution in [0.2, 0.25) is 0 Å². The quantitative estimate of drug-likeness (QED) is 0.572. The number of fused-ring (bicyclic) bond motifs is 1. The number of carbonyl (C=O) groups is 1. The van der Waals surface area contributed by atoms with Gasteiger partial charge >= 0.3 is 5.97 Å². The van der Waals surface area contributed by atoms with E-state index >= 15 is 0 Å². The number of nitrogens with one attached hydrogen (secondary N) is 1. The fraction of sp³-hybridized carbons (Fsp3) is 0.190. The highest BCUT2D eigenvalue weighted by molar-refractivity contribution is 7.92. The molecule has 0 aliphatic carbocycles. The monoisotopic (exact) mass is 431 g/mol. The molecule has 0 saturated heterocycles. The Labute approximate surface area is 174 Å². The lowest BCUT2D eigenvalue weighted by Crippen LogP contribution is -2.16. The van der Waals surface area contributed by atoms with Gasteiger partial charge in [-0.2, -0.15) is 0 Å². The van der Waals surface area contributed by atoms with Gasteiger partial charge in [-0.25, -0.2) is 13.2 Å². The third-order valence-electron chi connectivity index (χ3n) is 4.50. The molecule has 0 saturated carbocycles. The van der Waals surface area contributed by atoms with Crippen molar-refractivity contribution in [2.45, 2.75) is 4.90 Å². The summed E-state index contributed by atoms with van der Waals surface area (Å²) in [6, 6.07) is 12.7. The summed E-state index contributed by atoms with van der Waals surface area (Å²) in [4.78, 5) is 12.2. The van der Waals surface area contributed by atoms with Gasteiger partial charge in [0.15, 0.2) is 11.5 Å². The van der Waals surface area contributed by atoms with Crippen LogP contribution in [0, 0.1) is 0 Å². The van der Waals surface area contributed by atoms with E-state index in [1.165, 1.54) is 45.6 Å². The minimum atomic E-state index is -4.01. The molecule has 158 valence electrons. The van der Waals surface area contributed by atoms with E-state index < -0.39 is 16.0 Å². The maximum Gasteiger partial charge on any atom is 0.340 e. The van der Waals surface area contributed by atoms with Crippen LogP contribution in [0.5, 0.6) is 17.2 Å². The molecule has 0 fully saturated rings. The highest BCUT2D eigenvalue weighted by Gasteiger charge is 2.22. The summed E-state index contributed by atoms with van der Waals surface area (Å²) < 4.78 is 48.9. The Morgan fingerprint density at radius 3 is 2.07 bits per heavy atom. The van der Waals surface area contributed by atoms with Crippen molar-refractivity contribution < 1.29 is 32.2 Å². The molecule has 0 spiro atoms. The highest BCUT2D eigenvalue weighted by atomic mass is 32.2. The molecular weight excluding hydrogens is 410 g/mol. The van der Waals surface area contributed by atoms with E-state index in [9.17, 15) is 13.2 Å². The molecule has 0 amide bonds. The first-order chi connectivity index (χ1) is 14.3. The minimum Gasteiger partial charge on any atom is -0.497 e. The van der Waals surface area contributed by atoms with E-state index in [0.29, 0.717) is 5.75 Å². The molecule has 0 atom stereocenters. The van der Waals surface area contributed by atoms with Crippen LogP contribution in [0.15, 0.2) is 53.4 Å². The second-order valence-electron chi connectivity index (χ2n) is 6.22. The van der Waals surface area contributed by atoms with Gasteiger partial charge in [-0.1, -0.05) is 12.1 Å². The zero-order valence-corrected chi connectivity index (χ0v) is 17.7. The van der Waals surface area contributed by atoms with Crippen LogP contribution in [0.4, 0.5) is 5.69 Å². The molecule has 0 radical (unpaired) electrons. The number of rotatable bonds is 7. The molecule has 0 aliphatic heterocycles. The molecular formula is C21H21NO7S. The summed E-state index contributed by atoms with van der Waals surface area (Å²) in [5.74, 6) is 0.470. The second-order valence-corrected chi connectivity index (χ2v) is 7.91. The van der Waals surface area contributed by atoms with Crippen molar-refractivity contribution in [2.24, 2.45) is 0 Å². The fourth-order valence-corrected chi connectivity index (χ4v) is 4.05. The maximum atomic E-state index is 13.0. The summed E-state index contributed by atoms with van der Waals surface area (Å²) in [6.07, 6.45) is 0. The van der Waals surface area contributed by atoms with Gasteiger partial charge in [-0.15, -0.1) is 0 Å². The molecule has 0 aliphatic rings. The van der Waals surface area contributed by atoms with Crippen LogP contribution in [-0.2, 0) is 14.8 Å². The van der Waals surface area contributed by atoms with Crippen molar-refractivity contribution in [1.29, 1.82) is 0 Å². The molecule has 0 aromatic heterocycles. The molecule has 0 heterocycles. The van der Waals surface area contributed by atoms with Crippen molar-refractivity contribution in [3.63, 3.8) is 0 Å². The van der Waals surface area contributed by atoms with Crippen LogP contribution >= 0.6 is 0 Å². The number of hydrogen-bond donors (Lipinski definition) is 1. The summed E-state index contributed by atoms with van der Waals surface area (Å²) >= 11 is 0. The molecule has 8 nitrogen and oxygen atoms in total. The summed E-state index contributed by atoms with van der Waals surface area (Å²) in [5.41, 5.74) is -0.00132. The highest BCUT2D eigenvalue weighted by Crippen LogP contribution is 2.35. The molecule has 0 unspecified atom stereocenters. The molecule has 30 heavy (non-hydrogen) atoms. The average Bonchev–Trinajstić information content (AvgIpc) is 2.77. The van der Waals surface area contributed by atoms with Gasteiger partial charge in [0, 0.05) is 12.1 Å². The van der Waals surface area contributed by atoms with Crippen LogP contribution in [0.25, 0.3) is 10.8 Å². The summed E-state index contributed by atoms with van der Waals surface area (Å²) in [7, 11) is 1.57. The number of benzene rings is 3. The second kappa shape index (κ2) is 8.50. The van der Waals surface area contributed by atoms with Crippen LogP contribution in [0.1, 0.15) is 10.4 Å². The third kappa shape index (κ3) is 4.11. The molecule has 3 aromatic rings. The third-order valence-corrected chi connectivity index (χ3v) is 5.87. The Morgan fingerprint density at radius 2 is 1.43 bits per heavy atom. The number of sulfonamides is 1. The lowest BCUT2D eigenvalue weighted by Gasteiger charge is -2.15. The molecule has 3 aromatic carbocycles. The summed E-state index contributed by atoms with van der Waals surface area (Å²) in [6.45, 7) is 0. The van der Waals surface area contributed by atoms with Gasteiger partial charge in [0.2, 0.25) is 0 Å². The Bertz CT molecular complexity index is 1210. The Hall–Kier alpha value is -3.46. The maximum absolute atomic E-state index is 13.0. The van der Waals surface area contributed by atoms with E-state index in [1.54, 1.807) is 25.3 Å². The zero-order valence-electron chi connectivity index (χ0n) is 16.9. The topological polar surface area (TPSA) is 100 Å². The Morgan fingerprint density at radius 1 is 0.800 bits per heavy atom. The van der Waals surface area contributed by atoms with Gasteiger partial charge in [0.25, 0.3) is 10.0 Å². The lowest BCUT2D eigenvalue weighted by molar-refractivity contribution is 0.0601. The normalized spacial score (nSPS) is 11.1. The minimum absolute atomic E-state index is 0.00864. The summed E-state index contributed by atoms with van der Waals surface area (Å²) in [5, 5.41) is 1.55. The van der Waals surface area contributed by atoms with Gasteiger partial charge in [0.05, 0.1) is 44.6 Å². The SMILES string of the molecule is COC(=O)c1cc(OC)c(OC)cc1NS(=O)(=O)c1ccc2cc(OC)ccc2c1. The number of anilines is 1. The van der Waals surface area contributed by atoms with E-state index in [1.807, 2.05) is 6.07 Å². The smallest absolute Gasteiger partial charge is 0.340 e. The molecule has 3 rings (SSSR count). The van der Waals surface area contributed by atoms with Crippen LogP contribution in [0.3, 0.4) is 0 Å². The molecule has 0 bridgehead atoms. The van der Waals surface area contributed by atoms with Crippen molar-refractivity contribution >= 4 is 32.5 Å². The largest absolute Gasteiger partial charge is 0.497 e. The Kier molecular flexibility index (Phi) is 6.02. The van der Waals surface area contributed by atoms with E-state index in [-0.39, 0.29) is 27.6 Å². The standard InChI is InChI=1S/C21H21NO7S/c1-26-15-7-5-14-10-16(8-6-13(14)9-15)30(24,25)22-18-12-20(28-3)19(27-2)11-17(18)21(23)29-4/h5-12,22H,1-4H3. The first-order valence-corrected chi connectivity index (χ1v) is 10.3. The van der Waals surface area contributed by atoms with Crippen molar-refractivity contribution in [2.75, 3.05) is 33.2 Å². The van der Waals surface area contributed by atoms with Crippen LogP contribution < -0.4 is 18.9 Å². The Balaban J connectivity index is 2.06. The number of ether oxygens (including phenoxy) is 4. The first-order valence-electron chi connectivity index (χ1n) is 8.78. The van der Waals surface area contributed by atoms with E-state index in [2.05, 4.69) is 4.72 Å². The van der Waals surface area contributed by atoms with Gasteiger partial charge < -0.3 is 18.9 Å². The lowest BCUT2D eigenvalue weighted by atomic mass is 10.1. The van der Waals surface area contributed by atoms with Crippen molar-refractivity contribution in [3.8, 4) is 17.2 Å². The van der Waals surface area contributed by atoms with Crippen molar-refractivity contribution in [3.05, 3.63) is 54.1 Å². The van der Waals surface area contributed by atoms with Crippen LogP contribution in [-0.4, -0.2) is 42.8 Å². The first kappa shape index (κ1) is 21.3. The number of hydrogen-bond acceptors (Lipinski definition) is 7. The zero-order chi connectivity index (χ0) is 21.9. The predicted octanol–water partition coefficient (Wildman–Crippen LogP) is 3.45. The van der Waals surface area contributed by atoms with E-state index in [4.69, 9.17) is 18.9 Å². The van der Waals surface area contributed by atoms with Gasteiger partial charge in [-0.05, 0) is 35.0 Å². The van der Waals surface area contributed by atoms with E-state index in [0.717, 1.165) is 10.8 Å². The van der Waals surface area contributed by atoms with Gasteiger partial charge in [-0.3, -0.25) is 4.72 Å². The predicted molar refractivity (Wildman–Crippen MR) is 112 cm³/mol. The molecule has 9 heteroatoms. The average molecular weight is 431 g/mol. The van der Waals surface area contributed by atoms with Crippen molar-refractivity contribution in [1.82, 2.24) is 0 Å². The fourth-order valence-electron chi connectivity index (χ4n) is 2.94. The number of esters is 1.